The lowest BCUT2D eigenvalue weighted by Gasteiger charge is -2.19. The quantitative estimate of drug-likeness (QED) is 0.544. The fourth-order valence-corrected chi connectivity index (χ4v) is 1.15. The number of carbonyl (C=O) groups excluding carboxylic acids is 1. The van der Waals surface area contributed by atoms with Crippen molar-refractivity contribution in [3.8, 4) is 0 Å². The lowest BCUT2D eigenvalue weighted by molar-refractivity contribution is -0.122. The van der Waals surface area contributed by atoms with Crippen LogP contribution in [-0.2, 0) is 4.79 Å². The molecule has 0 aromatic heterocycles. The average molecular weight is 215 g/mol. The Bertz CT molecular complexity index is 204. The van der Waals surface area contributed by atoms with Crippen LogP contribution in [0.4, 0.5) is 0 Å². The van der Waals surface area contributed by atoms with Crippen LogP contribution >= 0.6 is 0 Å². The zero-order valence-corrected chi connectivity index (χ0v) is 9.44. The van der Waals surface area contributed by atoms with Gasteiger partial charge in [-0.3, -0.25) is 4.79 Å². The van der Waals surface area contributed by atoms with E-state index in [-0.39, 0.29) is 12.5 Å². The molecule has 0 aliphatic carbocycles. The number of nitrogens with one attached hydrogen (secondary N) is 1. The molecule has 0 aliphatic heterocycles. The van der Waals surface area contributed by atoms with Crippen molar-refractivity contribution in [3.05, 3.63) is 12.2 Å². The number of carbonyl (C=O) groups is 1. The van der Waals surface area contributed by atoms with Crippen LogP contribution in [0.2, 0.25) is 0 Å². The second-order valence-corrected chi connectivity index (χ2v) is 3.43. The molecule has 0 heterocycles. The fraction of sp³-hybridized carbons (Fsp3) is 0.727. The van der Waals surface area contributed by atoms with Gasteiger partial charge in [-0.2, -0.15) is 0 Å². The summed E-state index contributed by atoms with van der Waals surface area (Å²) in [7, 11) is 0. The summed E-state index contributed by atoms with van der Waals surface area (Å²) in [6.45, 7) is 3.60. The average Bonchev–Trinajstić information content (AvgIpc) is 2.22. The number of hydrogen-bond acceptors (Lipinski definition) is 3. The first-order valence-corrected chi connectivity index (χ1v) is 5.40. The molecule has 0 spiro atoms. The maximum absolute atomic E-state index is 11.2. The summed E-state index contributed by atoms with van der Waals surface area (Å²) >= 11 is 0. The largest absolute Gasteiger partial charge is 0.394 e. The molecule has 0 bridgehead atoms. The van der Waals surface area contributed by atoms with E-state index in [9.17, 15) is 9.90 Å². The third kappa shape index (κ3) is 6.25. The van der Waals surface area contributed by atoms with Crippen molar-refractivity contribution in [2.45, 2.75) is 45.3 Å². The molecule has 88 valence electrons. The van der Waals surface area contributed by atoms with Gasteiger partial charge in [0.2, 0.25) is 5.91 Å². The molecule has 0 fully saturated rings. The Balaban J connectivity index is 4.11. The SMILES string of the molecule is CCC=CC(O)C(CO)NC(=O)CCC. The van der Waals surface area contributed by atoms with Crippen LogP contribution in [-0.4, -0.2) is 34.9 Å². The molecule has 3 N–H and O–H groups in total. The first kappa shape index (κ1) is 14.1. The molecule has 4 nitrogen and oxygen atoms in total. The Morgan fingerprint density at radius 1 is 1.47 bits per heavy atom. The molecule has 4 heteroatoms. The Hall–Kier alpha value is -0.870. The molecule has 1 amide bonds. The van der Waals surface area contributed by atoms with Gasteiger partial charge in [-0.05, 0) is 12.8 Å². The van der Waals surface area contributed by atoms with Crippen LogP contribution in [0.1, 0.15) is 33.1 Å². The lowest BCUT2D eigenvalue weighted by atomic mass is 10.1. The van der Waals surface area contributed by atoms with Crippen LogP contribution < -0.4 is 5.32 Å². The van der Waals surface area contributed by atoms with Crippen molar-refractivity contribution >= 4 is 5.91 Å². The van der Waals surface area contributed by atoms with E-state index < -0.39 is 12.1 Å². The van der Waals surface area contributed by atoms with Crippen molar-refractivity contribution in [2.24, 2.45) is 0 Å². The molecule has 0 rings (SSSR count). The summed E-state index contributed by atoms with van der Waals surface area (Å²) in [5, 5.41) is 21.2. The zero-order chi connectivity index (χ0) is 11.7. The summed E-state index contributed by atoms with van der Waals surface area (Å²) in [5.74, 6) is -0.138. The summed E-state index contributed by atoms with van der Waals surface area (Å²) in [6, 6.07) is -0.605. The maximum Gasteiger partial charge on any atom is 0.220 e. The number of aliphatic hydroxyl groups is 2. The zero-order valence-electron chi connectivity index (χ0n) is 9.44. The number of hydrogen-bond donors (Lipinski definition) is 3. The van der Waals surface area contributed by atoms with Gasteiger partial charge < -0.3 is 15.5 Å². The van der Waals surface area contributed by atoms with E-state index in [1.807, 2.05) is 13.8 Å². The third-order valence-electron chi connectivity index (χ3n) is 2.00. The van der Waals surface area contributed by atoms with Gasteiger partial charge in [-0.1, -0.05) is 26.0 Å². The summed E-state index contributed by atoms with van der Waals surface area (Å²) in [4.78, 5) is 11.2. The van der Waals surface area contributed by atoms with E-state index in [0.29, 0.717) is 6.42 Å². The Morgan fingerprint density at radius 2 is 2.13 bits per heavy atom. The first-order chi connectivity index (χ1) is 7.15. The van der Waals surface area contributed by atoms with Crippen LogP contribution in [0.15, 0.2) is 12.2 Å². The van der Waals surface area contributed by atoms with Gasteiger partial charge in [0.1, 0.15) is 0 Å². The van der Waals surface area contributed by atoms with Crippen LogP contribution in [0.3, 0.4) is 0 Å². The van der Waals surface area contributed by atoms with Gasteiger partial charge in [-0.25, -0.2) is 0 Å². The van der Waals surface area contributed by atoms with Crippen LogP contribution in [0, 0.1) is 0 Å². The Morgan fingerprint density at radius 3 is 2.60 bits per heavy atom. The third-order valence-corrected chi connectivity index (χ3v) is 2.00. The second kappa shape index (κ2) is 8.44. The molecule has 2 unspecified atom stereocenters. The molecule has 0 saturated carbocycles. The second-order valence-electron chi connectivity index (χ2n) is 3.43. The van der Waals surface area contributed by atoms with Crippen molar-refractivity contribution in [2.75, 3.05) is 6.61 Å². The minimum atomic E-state index is -0.823. The Kier molecular flexibility index (Phi) is 7.95. The monoisotopic (exact) mass is 215 g/mol. The van der Waals surface area contributed by atoms with Crippen LogP contribution in [0.25, 0.3) is 0 Å². The number of amides is 1. The number of aliphatic hydroxyl groups excluding tert-OH is 2. The summed E-state index contributed by atoms with van der Waals surface area (Å²) in [5.41, 5.74) is 0. The predicted molar refractivity (Wildman–Crippen MR) is 59.4 cm³/mol. The summed E-state index contributed by atoms with van der Waals surface area (Å²) < 4.78 is 0. The molecule has 2 atom stereocenters. The van der Waals surface area contributed by atoms with E-state index >= 15 is 0 Å². The van der Waals surface area contributed by atoms with Crippen molar-refractivity contribution < 1.29 is 15.0 Å². The van der Waals surface area contributed by atoms with E-state index in [1.54, 1.807) is 12.2 Å². The van der Waals surface area contributed by atoms with Gasteiger partial charge >= 0.3 is 0 Å². The standard InChI is InChI=1S/C11H21NO3/c1-3-5-7-10(14)9(8-13)12-11(15)6-4-2/h5,7,9-10,13-14H,3-4,6,8H2,1-2H3,(H,12,15). The van der Waals surface area contributed by atoms with Gasteiger partial charge in [0.05, 0.1) is 18.8 Å². The minimum Gasteiger partial charge on any atom is -0.394 e. The number of allylic oxidation sites excluding steroid dienone is 1. The van der Waals surface area contributed by atoms with E-state index in [2.05, 4.69) is 5.32 Å². The molecule has 0 aromatic carbocycles. The Labute approximate surface area is 91.0 Å². The summed E-state index contributed by atoms with van der Waals surface area (Å²) in [6.07, 6.45) is 4.56. The molecule has 0 saturated heterocycles. The maximum atomic E-state index is 11.2. The minimum absolute atomic E-state index is 0.138. The van der Waals surface area contributed by atoms with Gasteiger partial charge in [0.15, 0.2) is 0 Å². The van der Waals surface area contributed by atoms with Crippen molar-refractivity contribution in [1.82, 2.24) is 5.32 Å². The normalized spacial score (nSPS) is 15.2. The van der Waals surface area contributed by atoms with E-state index in [4.69, 9.17) is 5.11 Å². The van der Waals surface area contributed by atoms with Crippen molar-refractivity contribution in [3.63, 3.8) is 0 Å². The molecule has 0 aliphatic rings. The highest BCUT2D eigenvalue weighted by molar-refractivity contribution is 5.76. The first-order valence-electron chi connectivity index (χ1n) is 5.40. The highest BCUT2D eigenvalue weighted by Gasteiger charge is 2.17. The van der Waals surface area contributed by atoms with E-state index in [0.717, 1.165) is 12.8 Å². The topological polar surface area (TPSA) is 69.6 Å². The lowest BCUT2D eigenvalue weighted by Crippen LogP contribution is -2.45. The molecule has 0 aromatic rings. The molecular weight excluding hydrogens is 194 g/mol. The van der Waals surface area contributed by atoms with Gasteiger partial charge in [-0.15, -0.1) is 0 Å². The smallest absolute Gasteiger partial charge is 0.220 e. The fourth-order valence-electron chi connectivity index (χ4n) is 1.15. The molecule has 0 radical (unpaired) electrons. The highest BCUT2D eigenvalue weighted by atomic mass is 16.3. The van der Waals surface area contributed by atoms with Crippen LogP contribution in [0.5, 0.6) is 0 Å². The molecular formula is C11H21NO3. The van der Waals surface area contributed by atoms with Gasteiger partial charge in [0.25, 0.3) is 0 Å². The van der Waals surface area contributed by atoms with E-state index in [1.165, 1.54) is 0 Å². The predicted octanol–water partition coefficient (Wildman–Crippen LogP) is 0.591. The van der Waals surface area contributed by atoms with Crippen molar-refractivity contribution in [1.29, 1.82) is 0 Å². The molecule has 15 heavy (non-hydrogen) atoms. The highest BCUT2D eigenvalue weighted by Crippen LogP contribution is 1.98. The number of rotatable bonds is 7. The van der Waals surface area contributed by atoms with Gasteiger partial charge in [0, 0.05) is 6.42 Å².